The summed E-state index contributed by atoms with van der Waals surface area (Å²) in [6, 6.07) is 5.33. The number of ether oxygens (including phenoxy) is 3. The Morgan fingerprint density at radius 2 is 2.00 bits per heavy atom. The molecule has 0 saturated heterocycles. The second kappa shape index (κ2) is 5.93. The monoisotopic (exact) mass is 265 g/mol. The highest BCUT2D eigenvalue weighted by atomic mass is 16.5. The highest BCUT2D eigenvalue weighted by Gasteiger charge is 2.32. The van der Waals surface area contributed by atoms with Crippen LogP contribution in [0.25, 0.3) is 0 Å². The average molecular weight is 265 g/mol. The highest BCUT2D eigenvalue weighted by molar-refractivity contribution is 5.79. The van der Waals surface area contributed by atoms with Crippen molar-refractivity contribution in [2.45, 2.75) is 24.9 Å². The molecule has 2 rings (SSSR count). The molecule has 19 heavy (non-hydrogen) atoms. The summed E-state index contributed by atoms with van der Waals surface area (Å²) >= 11 is 0. The first-order chi connectivity index (χ1) is 9.21. The molecule has 1 N–H and O–H groups in total. The summed E-state index contributed by atoms with van der Waals surface area (Å²) < 4.78 is 15.5. The Morgan fingerprint density at radius 1 is 1.26 bits per heavy atom. The number of benzene rings is 1. The number of hydrogen-bond acceptors (Lipinski definition) is 5. The molecular formula is C14H19NO4. The van der Waals surface area contributed by atoms with Crippen LogP contribution in [-0.2, 0) is 9.53 Å². The zero-order valence-electron chi connectivity index (χ0n) is 11.4. The number of hydrogen-bond donors (Lipinski definition) is 1. The zero-order chi connectivity index (χ0) is 13.8. The Bertz CT molecular complexity index is 457. The van der Waals surface area contributed by atoms with Crippen LogP contribution >= 0.6 is 0 Å². The number of para-hydroxylation sites is 1. The van der Waals surface area contributed by atoms with Gasteiger partial charge in [0.25, 0.3) is 0 Å². The van der Waals surface area contributed by atoms with Gasteiger partial charge in [0.1, 0.15) is 6.04 Å². The molecule has 1 fully saturated rings. The third-order valence-electron chi connectivity index (χ3n) is 3.16. The van der Waals surface area contributed by atoms with E-state index in [4.69, 9.17) is 14.2 Å². The van der Waals surface area contributed by atoms with Crippen LogP contribution in [0.4, 0.5) is 0 Å². The molecule has 1 aliphatic rings. The molecule has 0 aromatic heterocycles. The summed E-state index contributed by atoms with van der Waals surface area (Å²) in [6.07, 6.45) is 2.17. The van der Waals surface area contributed by atoms with E-state index in [1.165, 1.54) is 7.11 Å². The number of esters is 1. The Hall–Kier alpha value is -1.75. The molecule has 0 bridgehead atoms. The van der Waals surface area contributed by atoms with E-state index in [9.17, 15) is 4.79 Å². The molecule has 1 saturated carbocycles. The second-order valence-corrected chi connectivity index (χ2v) is 4.48. The maximum atomic E-state index is 12.0. The molecule has 1 atom stereocenters. The van der Waals surface area contributed by atoms with Gasteiger partial charge in [0, 0.05) is 11.6 Å². The Labute approximate surface area is 112 Å². The third kappa shape index (κ3) is 2.98. The molecule has 1 aliphatic carbocycles. The van der Waals surface area contributed by atoms with Gasteiger partial charge in [0.05, 0.1) is 21.3 Å². The molecule has 0 heterocycles. The molecular weight excluding hydrogens is 246 g/mol. The van der Waals surface area contributed by atoms with Crippen LogP contribution in [0.2, 0.25) is 0 Å². The predicted molar refractivity (Wildman–Crippen MR) is 70.5 cm³/mol. The lowest BCUT2D eigenvalue weighted by molar-refractivity contribution is -0.143. The summed E-state index contributed by atoms with van der Waals surface area (Å²) in [5.41, 5.74) is 0.737. The summed E-state index contributed by atoms with van der Waals surface area (Å²) in [7, 11) is 4.52. The van der Waals surface area contributed by atoms with Crippen LogP contribution in [0.3, 0.4) is 0 Å². The number of methoxy groups -OCH3 is 3. The van der Waals surface area contributed by atoms with E-state index in [-0.39, 0.29) is 5.97 Å². The van der Waals surface area contributed by atoms with Crippen molar-refractivity contribution in [3.63, 3.8) is 0 Å². The van der Waals surface area contributed by atoms with E-state index in [2.05, 4.69) is 5.32 Å². The van der Waals surface area contributed by atoms with Crippen molar-refractivity contribution >= 4 is 5.97 Å². The van der Waals surface area contributed by atoms with Crippen molar-refractivity contribution in [1.82, 2.24) is 5.32 Å². The van der Waals surface area contributed by atoms with Crippen molar-refractivity contribution < 1.29 is 19.0 Å². The summed E-state index contributed by atoms with van der Waals surface area (Å²) in [5.74, 6) is 0.846. The van der Waals surface area contributed by atoms with E-state index in [1.807, 2.05) is 12.1 Å². The zero-order valence-corrected chi connectivity index (χ0v) is 11.4. The van der Waals surface area contributed by atoms with Crippen LogP contribution < -0.4 is 14.8 Å². The fourth-order valence-corrected chi connectivity index (χ4v) is 2.03. The first-order valence-electron chi connectivity index (χ1n) is 6.26. The second-order valence-electron chi connectivity index (χ2n) is 4.48. The van der Waals surface area contributed by atoms with E-state index < -0.39 is 6.04 Å². The fourth-order valence-electron chi connectivity index (χ4n) is 2.03. The van der Waals surface area contributed by atoms with Crippen LogP contribution in [0.5, 0.6) is 11.5 Å². The van der Waals surface area contributed by atoms with Crippen LogP contribution in [0.1, 0.15) is 24.4 Å². The number of rotatable bonds is 6. The first-order valence-corrected chi connectivity index (χ1v) is 6.26. The Morgan fingerprint density at radius 3 is 2.53 bits per heavy atom. The van der Waals surface area contributed by atoms with Gasteiger partial charge in [0.2, 0.25) is 0 Å². The van der Waals surface area contributed by atoms with Crippen LogP contribution in [0.15, 0.2) is 18.2 Å². The van der Waals surface area contributed by atoms with Crippen molar-refractivity contribution in [1.29, 1.82) is 0 Å². The molecule has 0 radical (unpaired) electrons. The van der Waals surface area contributed by atoms with E-state index in [1.54, 1.807) is 20.3 Å². The number of carbonyl (C=O) groups is 1. The summed E-state index contributed by atoms with van der Waals surface area (Å²) in [6.45, 7) is 0. The minimum Gasteiger partial charge on any atom is -0.493 e. The van der Waals surface area contributed by atoms with E-state index in [0.29, 0.717) is 17.5 Å². The van der Waals surface area contributed by atoms with E-state index >= 15 is 0 Å². The van der Waals surface area contributed by atoms with Crippen molar-refractivity contribution in [2.75, 3.05) is 21.3 Å². The van der Waals surface area contributed by atoms with Gasteiger partial charge >= 0.3 is 5.97 Å². The molecule has 104 valence electrons. The fraction of sp³-hybridized carbons (Fsp3) is 0.500. The maximum absolute atomic E-state index is 12.0. The molecule has 0 aliphatic heterocycles. The molecule has 1 aromatic rings. The van der Waals surface area contributed by atoms with Crippen molar-refractivity contribution in [3.05, 3.63) is 23.8 Å². The van der Waals surface area contributed by atoms with Gasteiger partial charge in [-0.2, -0.15) is 0 Å². The standard InChI is InChI=1S/C14H19NO4/c1-17-11-6-4-5-10(13(11)18-2)12(14(16)19-3)15-9-7-8-9/h4-6,9,12,15H,7-8H2,1-3H3. The number of nitrogens with one attached hydrogen (secondary N) is 1. The topological polar surface area (TPSA) is 56.8 Å². The Balaban J connectivity index is 2.36. The molecule has 1 aromatic carbocycles. The maximum Gasteiger partial charge on any atom is 0.327 e. The third-order valence-corrected chi connectivity index (χ3v) is 3.16. The van der Waals surface area contributed by atoms with Crippen LogP contribution in [0, 0.1) is 0 Å². The summed E-state index contributed by atoms with van der Waals surface area (Å²) in [5, 5.41) is 3.27. The smallest absolute Gasteiger partial charge is 0.327 e. The Kier molecular flexibility index (Phi) is 4.27. The first kappa shape index (κ1) is 13.7. The minimum atomic E-state index is -0.525. The summed E-state index contributed by atoms with van der Waals surface area (Å²) in [4.78, 5) is 12.0. The lowest BCUT2D eigenvalue weighted by Crippen LogP contribution is -2.31. The normalized spacial score (nSPS) is 15.7. The van der Waals surface area contributed by atoms with Gasteiger partial charge < -0.3 is 14.2 Å². The predicted octanol–water partition coefficient (Wildman–Crippen LogP) is 1.67. The average Bonchev–Trinajstić information content (AvgIpc) is 3.27. The highest BCUT2D eigenvalue weighted by Crippen LogP contribution is 2.36. The molecule has 5 heteroatoms. The molecule has 0 spiro atoms. The molecule has 5 nitrogen and oxygen atoms in total. The van der Waals surface area contributed by atoms with Gasteiger partial charge in [-0.05, 0) is 18.9 Å². The van der Waals surface area contributed by atoms with Gasteiger partial charge in [-0.15, -0.1) is 0 Å². The van der Waals surface area contributed by atoms with Gasteiger partial charge in [0.15, 0.2) is 11.5 Å². The lowest BCUT2D eigenvalue weighted by Gasteiger charge is -2.20. The SMILES string of the molecule is COC(=O)C(NC1CC1)c1cccc(OC)c1OC. The number of carbonyl (C=O) groups excluding carboxylic acids is 1. The van der Waals surface area contributed by atoms with Crippen LogP contribution in [-0.4, -0.2) is 33.3 Å². The van der Waals surface area contributed by atoms with Gasteiger partial charge in [-0.3, -0.25) is 5.32 Å². The van der Waals surface area contributed by atoms with Crippen molar-refractivity contribution in [3.8, 4) is 11.5 Å². The lowest BCUT2D eigenvalue weighted by atomic mass is 10.0. The van der Waals surface area contributed by atoms with Gasteiger partial charge in [-0.25, -0.2) is 4.79 Å². The molecule has 0 amide bonds. The minimum absolute atomic E-state index is 0.321. The molecule has 1 unspecified atom stereocenters. The largest absolute Gasteiger partial charge is 0.493 e. The quantitative estimate of drug-likeness (QED) is 0.793. The van der Waals surface area contributed by atoms with E-state index in [0.717, 1.165) is 18.4 Å². The van der Waals surface area contributed by atoms with Crippen molar-refractivity contribution in [2.24, 2.45) is 0 Å². The van der Waals surface area contributed by atoms with Gasteiger partial charge in [-0.1, -0.05) is 12.1 Å².